The third kappa shape index (κ3) is 6.34. The van der Waals surface area contributed by atoms with Gasteiger partial charge in [-0.1, -0.05) is 18.2 Å². The predicted molar refractivity (Wildman–Crippen MR) is 111 cm³/mol. The maximum Gasteiger partial charge on any atom is 0.417 e. The molecule has 1 aromatic carbocycles. The topological polar surface area (TPSA) is 87.6 Å². The minimum absolute atomic E-state index is 0.0204. The summed E-state index contributed by atoms with van der Waals surface area (Å²) in [6.07, 6.45) is -3.32. The van der Waals surface area contributed by atoms with Gasteiger partial charge in [0, 0.05) is 36.8 Å². The predicted octanol–water partition coefficient (Wildman–Crippen LogP) is 3.16. The molecule has 0 aliphatic carbocycles. The molecule has 2 aromatic rings. The van der Waals surface area contributed by atoms with Gasteiger partial charge in [-0.25, -0.2) is 4.98 Å². The van der Waals surface area contributed by atoms with Gasteiger partial charge >= 0.3 is 6.18 Å². The Labute approximate surface area is 178 Å². The van der Waals surface area contributed by atoms with Crippen LogP contribution < -0.4 is 20.7 Å². The van der Waals surface area contributed by atoms with Crippen LogP contribution >= 0.6 is 0 Å². The molecular formula is C21H24F3N5O2. The first-order valence-corrected chi connectivity index (χ1v) is 9.94. The van der Waals surface area contributed by atoms with Crippen molar-refractivity contribution >= 4 is 17.6 Å². The molecule has 0 saturated carbocycles. The van der Waals surface area contributed by atoms with E-state index < -0.39 is 11.7 Å². The normalized spacial score (nSPS) is 16.3. The zero-order valence-electron chi connectivity index (χ0n) is 17.0. The molecule has 3 rings (SSSR count). The second kappa shape index (κ2) is 10.1. The Kier molecular flexibility index (Phi) is 7.32. The monoisotopic (exact) mass is 435 g/mol. The van der Waals surface area contributed by atoms with Gasteiger partial charge in [-0.2, -0.15) is 13.2 Å². The third-order valence-electron chi connectivity index (χ3n) is 4.63. The zero-order chi connectivity index (χ0) is 22.3. The molecule has 0 saturated heterocycles. The van der Waals surface area contributed by atoms with Gasteiger partial charge in [-0.15, -0.1) is 0 Å². The number of alkyl halides is 3. The molecule has 31 heavy (non-hydrogen) atoms. The first-order chi connectivity index (χ1) is 14.9. The van der Waals surface area contributed by atoms with E-state index in [1.165, 1.54) is 6.07 Å². The molecule has 10 heteroatoms. The summed E-state index contributed by atoms with van der Waals surface area (Å²) in [5.74, 6) is 0.624. The van der Waals surface area contributed by atoms with E-state index in [0.717, 1.165) is 23.5 Å². The second-order valence-electron chi connectivity index (χ2n) is 6.91. The molecule has 1 unspecified atom stereocenters. The highest BCUT2D eigenvalue weighted by Gasteiger charge is 2.30. The number of para-hydroxylation sites is 1. The molecular weight excluding hydrogens is 411 g/mol. The fourth-order valence-electron chi connectivity index (χ4n) is 3.17. The first-order valence-electron chi connectivity index (χ1n) is 9.94. The number of carbonyl (C=O) groups is 1. The number of guanidine groups is 1. The Morgan fingerprint density at radius 1 is 1.26 bits per heavy atom. The number of nitrogens with zero attached hydrogens (tertiary/aromatic N) is 2. The summed E-state index contributed by atoms with van der Waals surface area (Å²) >= 11 is 0. The third-order valence-corrected chi connectivity index (χ3v) is 4.63. The average molecular weight is 435 g/mol. The molecule has 1 aliphatic heterocycles. The van der Waals surface area contributed by atoms with Crippen LogP contribution in [0.5, 0.6) is 5.88 Å². The van der Waals surface area contributed by atoms with Crippen molar-refractivity contribution in [2.75, 3.05) is 31.6 Å². The van der Waals surface area contributed by atoms with Crippen LogP contribution in [0, 0.1) is 0 Å². The van der Waals surface area contributed by atoms with Gasteiger partial charge in [0.25, 0.3) is 0 Å². The molecule has 7 nitrogen and oxygen atoms in total. The van der Waals surface area contributed by atoms with Crippen LogP contribution in [0.4, 0.5) is 18.9 Å². The van der Waals surface area contributed by atoms with Gasteiger partial charge in [0.2, 0.25) is 11.8 Å². The molecule has 1 aromatic heterocycles. The molecule has 1 atom stereocenters. The van der Waals surface area contributed by atoms with Crippen molar-refractivity contribution in [2.24, 2.45) is 4.99 Å². The van der Waals surface area contributed by atoms with Gasteiger partial charge in [0.15, 0.2) is 5.96 Å². The van der Waals surface area contributed by atoms with Gasteiger partial charge in [0.1, 0.15) is 6.61 Å². The number of pyridine rings is 1. The van der Waals surface area contributed by atoms with Crippen molar-refractivity contribution in [3.8, 4) is 5.88 Å². The van der Waals surface area contributed by atoms with E-state index in [0.29, 0.717) is 32.0 Å². The number of benzene rings is 1. The lowest BCUT2D eigenvalue weighted by Crippen LogP contribution is -2.39. The van der Waals surface area contributed by atoms with Crippen LogP contribution in [0.25, 0.3) is 0 Å². The fourth-order valence-corrected chi connectivity index (χ4v) is 3.17. The number of carbonyl (C=O) groups excluding carboxylic acids is 1. The number of rotatable bonds is 7. The van der Waals surface area contributed by atoms with Gasteiger partial charge in [-0.05, 0) is 24.6 Å². The van der Waals surface area contributed by atoms with Gasteiger partial charge in [0.05, 0.1) is 18.7 Å². The summed E-state index contributed by atoms with van der Waals surface area (Å²) in [7, 11) is 0. The number of halogens is 3. The molecule has 0 radical (unpaired) electrons. The lowest BCUT2D eigenvalue weighted by molar-refractivity contribution is -0.137. The SMILES string of the molecule is CCNC(=NCC1CC(=O)Nc2ccccc21)NCCOc1ccc(C(F)(F)F)cn1. The highest BCUT2D eigenvalue weighted by molar-refractivity contribution is 5.94. The van der Waals surface area contributed by atoms with Crippen LogP contribution in [0.3, 0.4) is 0 Å². The fraction of sp³-hybridized carbons (Fsp3) is 0.381. The number of nitrogens with one attached hydrogen (secondary N) is 3. The summed E-state index contributed by atoms with van der Waals surface area (Å²) in [5, 5.41) is 9.10. The van der Waals surface area contributed by atoms with E-state index in [9.17, 15) is 18.0 Å². The van der Waals surface area contributed by atoms with E-state index in [2.05, 4.69) is 25.9 Å². The molecule has 1 aliphatic rings. The smallest absolute Gasteiger partial charge is 0.417 e. The molecule has 0 spiro atoms. The Bertz CT molecular complexity index is 916. The minimum atomic E-state index is -4.43. The van der Waals surface area contributed by atoms with Crippen LogP contribution in [-0.4, -0.2) is 43.1 Å². The number of anilines is 1. The van der Waals surface area contributed by atoms with Crippen molar-refractivity contribution in [2.45, 2.75) is 25.4 Å². The van der Waals surface area contributed by atoms with Crippen LogP contribution in [-0.2, 0) is 11.0 Å². The number of aliphatic imine (C=N–C) groups is 1. The average Bonchev–Trinajstić information content (AvgIpc) is 2.74. The standard InChI is InChI=1S/C21H24F3N5O2/c1-2-25-20(26-9-10-31-19-8-7-15(13-27-19)21(22,23)24)28-12-14-11-18(30)29-17-6-4-3-5-16(14)17/h3-8,13-14H,2,9-12H2,1H3,(H,29,30)(H2,25,26,28). The summed E-state index contributed by atoms with van der Waals surface area (Å²) in [5.41, 5.74) is 1.05. The zero-order valence-corrected chi connectivity index (χ0v) is 17.0. The maximum atomic E-state index is 12.6. The highest BCUT2D eigenvalue weighted by atomic mass is 19.4. The van der Waals surface area contributed by atoms with Gasteiger partial charge in [-0.3, -0.25) is 9.79 Å². The number of hydrogen-bond donors (Lipinski definition) is 3. The summed E-state index contributed by atoms with van der Waals surface area (Å²) in [6, 6.07) is 9.79. The number of aromatic nitrogens is 1. The largest absolute Gasteiger partial charge is 0.476 e. The van der Waals surface area contributed by atoms with Crippen molar-refractivity contribution in [3.05, 3.63) is 53.7 Å². The van der Waals surface area contributed by atoms with E-state index in [1.807, 2.05) is 31.2 Å². The van der Waals surface area contributed by atoms with E-state index in [4.69, 9.17) is 4.74 Å². The Morgan fingerprint density at radius 3 is 2.77 bits per heavy atom. The minimum Gasteiger partial charge on any atom is -0.476 e. The van der Waals surface area contributed by atoms with Crippen LogP contribution in [0.1, 0.15) is 30.4 Å². The van der Waals surface area contributed by atoms with Crippen molar-refractivity contribution < 1.29 is 22.7 Å². The lowest BCUT2D eigenvalue weighted by atomic mass is 9.91. The van der Waals surface area contributed by atoms with E-state index >= 15 is 0 Å². The molecule has 1 amide bonds. The Balaban J connectivity index is 1.52. The van der Waals surface area contributed by atoms with Crippen molar-refractivity contribution in [1.29, 1.82) is 0 Å². The van der Waals surface area contributed by atoms with E-state index in [-0.39, 0.29) is 24.3 Å². The number of fused-ring (bicyclic) bond motifs is 1. The van der Waals surface area contributed by atoms with Crippen molar-refractivity contribution in [3.63, 3.8) is 0 Å². The number of hydrogen-bond acceptors (Lipinski definition) is 4. The summed E-state index contributed by atoms with van der Waals surface area (Å²) in [4.78, 5) is 20.2. The van der Waals surface area contributed by atoms with Gasteiger partial charge < -0.3 is 20.7 Å². The summed E-state index contributed by atoms with van der Waals surface area (Å²) < 4.78 is 43.1. The first kappa shape index (κ1) is 22.4. The highest BCUT2D eigenvalue weighted by Crippen LogP contribution is 2.32. The second-order valence-corrected chi connectivity index (χ2v) is 6.91. The molecule has 3 N–H and O–H groups in total. The van der Waals surface area contributed by atoms with E-state index in [1.54, 1.807) is 0 Å². The molecule has 2 heterocycles. The Morgan fingerprint density at radius 2 is 2.06 bits per heavy atom. The summed E-state index contributed by atoms with van der Waals surface area (Å²) in [6.45, 7) is 3.58. The lowest BCUT2D eigenvalue weighted by Gasteiger charge is -2.24. The molecule has 0 fully saturated rings. The van der Waals surface area contributed by atoms with Crippen LogP contribution in [0.15, 0.2) is 47.6 Å². The van der Waals surface area contributed by atoms with Crippen LogP contribution in [0.2, 0.25) is 0 Å². The number of ether oxygens (including phenoxy) is 1. The molecule has 0 bridgehead atoms. The van der Waals surface area contributed by atoms with Crippen molar-refractivity contribution in [1.82, 2.24) is 15.6 Å². The maximum absolute atomic E-state index is 12.6. The quantitative estimate of drug-likeness (QED) is 0.353. The molecule has 166 valence electrons. The number of amides is 1. The Hall–Kier alpha value is -3.30.